The molecule has 0 N–H and O–H groups in total. The highest BCUT2D eigenvalue weighted by Gasteiger charge is 2.26. The van der Waals surface area contributed by atoms with Crippen molar-refractivity contribution < 1.29 is 14.3 Å². The second-order valence-electron chi connectivity index (χ2n) is 8.78. The van der Waals surface area contributed by atoms with Crippen molar-refractivity contribution in [1.29, 1.82) is 0 Å². The lowest BCUT2D eigenvalue weighted by Crippen LogP contribution is -2.49. The Morgan fingerprint density at radius 2 is 1.94 bits per heavy atom. The van der Waals surface area contributed by atoms with E-state index in [0.717, 1.165) is 76.0 Å². The molecule has 5 rings (SSSR count). The molecule has 2 saturated heterocycles. The molecule has 3 heterocycles. The van der Waals surface area contributed by atoms with Crippen molar-refractivity contribution in [3.8, 4) is 5.75 Å². The number of methoxy groups -OCH3 is 1. The molecule has 3 aliphatic rings. The predicted octanol–water partition coefficient (Wildman–Crippen LogP) is 3.65. The Morgan fingerprint density at radius 1 is 1.09 bits per heavy atom. The van der Waals surface area contributed by atoms with E-state index in [4.69, 9.17) is 9.47 Å². The summed E-state index contributed by atoms with van der Waals surface area (Å²) in [5.41, 5.74) is 3.99. The molecular formula is C26H31N3O3. The van der Waals surface area contributed by atoms with Crippen LogP contribution in [0.1, 0.15) is 22.3 Å². The molecule has 1 amide bonds. The average molecular weight is 434 g/mol. The summed E-state index contributed by atoms with van der Waals surface area (Å²) >= 11 is 0. The average Bonchev–Trinajstić information content (AvgIpc) is 3.36. The largest absolute Gasteiger partial charge is 0.495 e. The van der Waals surface area contributed by atoms with Crippen LogP contribution >= 0.6 is 0 Å². The highest BCUT2D eigenvalue weighted by molar-refractivity contribution is 5.96. The molecule has 0 aromatic heterocycles. The normalized spacial score (nSPS) is 21.0. The van der Waals surface area contributed by atoms with Crippen LogP contribution in [0.25, 0.3) is 6.08 Å². The van der Waals surface area contributed by atoms with E-state index in [-0.39, 0.29) is 5.91 Å². The van der Waals surface area contributed by atoms with Crippen LogP contribution < -0.4 is 9.64 Å². The SMILES string of the molecule is COc1cc(C(=O)N2CCN(CC3CCOC3)CC2)ccc1N1CC=Cc2ccccc21. The van der Waals surface area contributed by atoms with Gasteiger partial charge in [0.05, 0.1) is 19.4 Å². The smallest absolute Gasteiger partial charge is 0.254 e. The number of anilines is 2. The molecule has 32 heavy (non-hydrogen) atoms. The highest BCUT2D eigenvalue weighted by Crippen LogP contribution is 2.38. The van der Waals surface area contributed by atoms with Crippen molar-refractivity contribution in [1.82, 2.24) is 9.80 Å². The zero-order valence-electron chi connectivity index (χ0n) is 18.7. The van der Waals surface area contributed by atoms with Gasteiger partial charge >= 0.3 is 0 Å². The van der Waals surface area contributed by atoms with E-state index < -0.39 is 0 Å². The maximum absolute atomic E-state index is 13.2. The molecule has 3 aliphatic heterocycles. The number of amides is 1. The van der Waals surface area contributed by atoms with Gasteiger partial charge in [0.2, 0.25) is 0 Å². The molecule has 6 nitrogen and oxygen atoms in total. The predicted molar refractivity (Wildman–Crippen MR) is 127 cm³/mol. The van der Waals surface area contributed by atoms with E-state index in [1.807, 2.05) is 29.2 Å². The molecule has 0 saturated carbocycles. The van der Waals surface area contributed by atoms with E-state index in [1.165, 1.54) is 5.56 Å². The Kier molecular flexibility index (Phi) is 6.14. The standard InChI is InChI=1S/C26H31N3O3/c1-31-25-17-22(8-9-24(25)29-11-4-6-21-5-2-3-7-23(21)29)26(30)28-14-12-27(13-15-28)18-20-10-16-32-19-20/h2-9,17,20H,10-16,18-19H2,1H3. The molecule has 2 aromatic rings. The molecule has 1 unspecified atom stereocenters. The van der Waals surface area contributed by atoms with Gasteiger partial charge in [-0.1, -0.05) is 30.4 Å². The fourth-order valence-electron chi connectivity index (χ4n) is 4.93. The molecule has 0 spiro atoms. The zero-order chi connectivity index (χ0) is 21.9. The molecule has 2 fully saturated rings. The van der Waals surface area contributed by atoms with Gasteiger partial charge in [-0.2, -0.15) is 0 Å². The lowest BCUT2D eigenvalue weighted by Gasteiger charge is -2.36. The van der Waals surface area contributed by atoms with Gasteiger partial charge < -0.3 is 19.3 Å². The number of nitrogens with zero attached hydrogens (tertiary/aromatic N) is 3. The van der Waals surface area contributed by atoms with E-state index in [9.17, 15) is 4.79 Å². The molecule has 168 valence electrons. The summed E-state index contributed by atoms with van der Waals surface area (Å²) in [7, 11) is 1.67. The van der Waals surface area contributed by atoms with Gasteiger partial charge in [-0.05, 0) is 42.2 Å². The minimum atomic E-state index is 0.0811. The van der Waals surface area contributed by atoms with Gasteiger partial charge in [0.1, 0.15) is 5.75 Å². The summed E-state index contributed by atoms with van der Waals surface area (Å²) in [5.74, 6) is 1.45. The topological polar surface area (TPSA) is 45.3 Å². The maximum atomic E-state index is 13.2. The lowest BCUT2D eigenvalue weighted by atomic mass is 10.1. The van der Waals surface area contributed by atoms with E-state index in [2.05, 4.69) is 40.2 Å². The monoisotopic (exact) mass is 433 g/mol. The van der Waals surface area contributed by atoms with Crippen LogP contribution in [0.2, 0.25) is 0 Å². The Balaban J connectivity index is 1.28. The number of carbonyl (C=O) groups is 1. The third-order valence-corrected chi connectivity index (χ3v) is 6.73. The number of hydrogen-bond donors (Lipinski definition) is 0. The lowest BCUT2D eigenvalue weighted by molar-refractivity contribution is 0.0611. The maximum Gasteiger partial charge on any atom is 0.254 e. The number of benzene rings is 2. The number of carbonyl (C=O) groups excluding carboxylic acids is 1. The van der Waals surface area contributed by atoms with Gasteiger partial charge in [0.25, 0.3) is 5.91 Å². The third kappa shape index (κ3) is 4.25. The van der Waals surface area contributed by atoms with Crippen LogP contribution in [0, 0.1) is 5.92 Å². The van der Waals surface area contributed by atoms with Gasteiger partial charge in [0, 0.05) is 57.1 Å². The Bertz CT molecular complexity index is 992. The van der Waals surface area contributed by atoms with Crippen LogP contribution in [-0.2, 0) is 4.74 Å². The Hall–Kier alpha value is -2.83. The number of piperazine rings is 1. The van der Waals surface area contributed by atoms with Crippen molar-refractivity contribution in [2.24, 2.45) is 5.92 Å². The first-order valence-electron chi connectivity index (χ1n) is 11.5. The van der Waals surface area contributed by atoms with Crippen LogP contribution in [-0.4, -0.2) is 75.3 Å². The fourth-order valence-corrected chi connectivity index (χ4v) is 4.93. The molecule has 1 atom stereocenters. The zero-order valence-corrected chi connectivity index (χ0v) is 18.7. The summed E-state index contributed by atoms with van der Waals surface area (Å²) in [6.07, 6.45) is 5.45. The summed E-state index contributed by atoms with van der Waals surface area (Å²) in [4.78, 5) is 19.9. The van der Waals surface area contributed by atoms with Gasteiger partial charge in [-0.15, -0.1) is 0 Å². The van der Waals surface area contributed by atoms with Crippen LogP contribution in [0.4, 0.5) is 11.4 Å². The molecule has 6 heteroatoms. The second-order valence-corrected chi connectivity index (χ2v) is 8.78. The number of fused-ring (bicyclic) bond motifs is 1. The highest BCUT2D eigenvalue weighted by atomic mass is 16.5. The van der Waals surface area contributed by atoms with Crippen LogP contribution in [0.5, 0.6) is 5.75 Å². The van der Waals surface area contributed by atoms with Crippen molar-refractivity contribution in [2.45, 2.75) is 6.42 Å². The van der Waals surface area contributed by atoms with Crippen LogP contribution in [0.15, 0.2) is 48.5 Å². The van der Waals surface area contributed by atoms with E-state index in [1.54, 1.807) is 7.11 Å². The summed E-state index contributed by atoms with van der Waals surface area (Å²) in [5, 5.41) is 0. The second kappa shape index (κ2) is 9.35. The van der Waals surface area contributed by atoms with Gasteiger partial charge in [0.15, 0.2) is 0 Å². The number of rotatable bonds is 5. The minimum Gasteiger partial charge on any atom is -0.495 e. The quantitative estimate of drug-likeness (QED) is 0.720. The minimum absolute atomic E-state index is 0.0811. The number of ether oxygens (including phenoxy) is 2. The third-order valence-electron chi connectivity index (χ3n) is 6.73. The number of para-hydroxylation sites is 1. The first-order valence-corrected chi connectivity index (χ1v) is 11.5. The Morgan fingerprint density at radius 3 is 2.72 bits per heavy atom. The van der Waals surface area contributed by atoms with Gasteiger partial charge in [-0.3, -0.25) is 9.69 Å². The van der Waals surface area contributed by atoms with Crippen molar-refractivity contribution >= 4 is 23.4 Å². The summed E-state index contributed by atoms with van der Waals surface area (Å²) in [6, 6.07) is 14.2. The molecule has 0 aliphatic carbocycles. The van der Waals surface area contributed by atoms with E-state index >= 15 is 0 Å². The first kappa shape index (κ1) is 21.0. The molecule has 0 bridgehead atoms. The summed E-state index contributed by atoms with van der Waals surface area (Å²) in [6.45, 7) is 7.00. The van der Waals surface area contributed by atoms with Crippen molar-refractivity contribution in [3.63, 3.8) is 0 Å². The number of hydrogen-bond acceptors (Lipinski definition) is 5. The summed E-state index contributed by atoms with van der Waals surface area (Å²) < 4.78 is 11.2. The molecule has 2 aromatic carbocycles. The fraction of sp³-hybridized carbons (Fsp3) is 0.423. The van der Waals surface area contributed by atoms with Crippen LogP contribution in [0.3, 0.4) is 0 Å². The van der Waals surface area contributed by atoms with E-state index in [0.29, 0.717) is 11.5 Å². The van der Waals surface area contributed by atoms with Crippen molar-refractivity contribution in [3.05, 3.63) is 59.7 Å². The molecular weight excluding hydrogens is 402 g/mol. The van der Waals surface area contributed by atoms with Gasteiger partial charge in [-0.25, -0.2) is 0 Å². The first-order chi connectivity index (χ1) is 15.7. The molecule has 0 radical (unpaired) electrons. The Labute approximate surface area is 190 Å². The van der Waals surface area contributed by atoms with Crippen molar-refractivity contribution in [2.75, 3.05) is 64.5 Å².